The Morgan fingerprint density at radius 1 is 1.16 bits per heavy atom. The molecule has 0 amide bonds. The van der Waals surface area contributed by atoms with Crippen molar-refractivity contribution in [2.24, 2.45) is 0 Å². The van der Waals surface area contributed by atoms with E-state index in [2.05, 4.69) is 24.5 Å². The largest absolute Gasteiger partial charge is 0.486 e. The van der Waals surface area contributed by atoms with Gasteiger partial charge in [0.05, 0.1) is 22.7 Å². The standard InChI is InChI=1S/C20H19N3O2/c1-13(2)20-22-16-9-18-19(25-7-6-24-18)10-17(16)23(20)12-15-5-3-4-14(8-15)11-21/h3-5,8-10,13H,6-7,12H2,1-2H3. The molecule has 0 atom stereocenters. The maximum Gasteiger partial charge on any atom is 0.163 e. The Balaban J connectivity index is 1.85. The van der Waals surface area contributed by atoms with E-state index in [-0.39, 0.29) is 5.92 Å². The average molecular weight is 333 g/mol. The van der Waals surface area contributed by atoms with Crippen LogP contribution < -0.4 is 9.47 Å². The lowest BCUT2D eigenvalue weighted by molar-refractivity contribution is 0.172. The third-order valence-corrected chi connectivity index (χ3v) is 4.35. The normalized spacial score (nSPS) is 13.2. The first-order chi connectivity index (χ1) is 12.2. The summed E-state index contributed by atoms with van der Waals surface area (Å²) < 4.78 is 13.6. The SMILES string of the molecule is CC(C)c1nc2cc3c(cc2n1Cc1cccc(C#N)c1)OCCO3. The van der Waals surface area contributed by atoms with E-state index >= 15 is 0 Å². The summed E-state index contributed by atoms with van der Waals surface area (Å²) in [5.41, 5.74) is 3.68. The molecular formula is C20H19N3O2. The van der Waals surface area contributed by atoms with Crippen molar-refractivity contribution in [1.82, 2.24) is 9.55 Å². The van der Waals surface area contributed by atoms with E-state index in [0.29, 0.717) is 25.3 Å². The first-order valence-electron chi connectivity index (χ1n) is 8.44. The topological polar surface area (TPSA) is 60.1 Å². The number of nitriles is 1. The molecule has 1 aliphatic heterocycles. The third-order valence-electron chi connectivity index (χ3n) is 4.35. The quantitative estimate of drug-likeness (QED) is 0.730. The number of hydrogen-bond donors (Lipinski definition) is 0. The fourth-order valence-corrected chi connectivity index (χ4v) is 3.21. The van der Waals surface area contributed by atoms with Gasteiger partial charge in [-0.25, -0.2) is 4.98 Å². The van der Waals surface area contributed by atoms with Gasteiger partial charge in [-0.1, -0.05) is 26.0 Å². The van der Waals surface area contributed by atoms with Gasteiger partial charge in [-0.3, -0.25) is 0 Å². The van der Waals surface area contributed by atoms with Crippen molar-refractivity contribution in [1.29, 1.82) is 5.26 Å². The van der Waals surface area contributed by atoms with Crippen LogP contribution in [0.1, 0.15) is 36.7 Å². The molecule has 5 nitrogen and oxygen atoms in total. The van der Waals surface area contributed by atoms with Crippen LogP contribution in [-0.2, 0) is 6.54 Å². The highest BCUT2D eigenvalue weighted by molar-refractivity contribution is 5.81. The molecule has 0 aliphatic carbocycles. The summed E-state index contributed by atoms with van der Waals surface area (Å²) in [7, 11) is 0. The lowest BCUT2D eigenvalue weighted by Crippen LogP contribution is -2.15. The average Bonchev–Trinajstić information content (AvgIpc) is 2.98. The lowest BCUT2D eigenvalue weighted by Gasteiger charge is -2.18. The molecule has 0 saturated heterocycles. The van der Waals surface area contributed by atoms with Crippen molar-refractivity contribution in [3.63, 3.8) is 0 Å². The monoisotopic (exact) mass is 333 g/mol. The van der Waals surface area contributed by atoms with Gasteiger partial charge in [0.2, 0.25) is 0 Å². The molecule has 0 fully saturated rings. The van der Waals surface area contributed by atoms with Crippen molar-refractivity contribution in [3.8, 4) is 17.6 Å². The number of aromatic nitrogens is 2. The molecule has 25 heavy (non-hydrogen) atoms. The molecular weight excluding hydrogens is 314 g/mol. The number of nitrogens with zero attached hydrogens (tertiary/aromatic N) is 3. The molecule has 2 heterocycles. The van der Waals surface area contributed by atoms with E-state index in [9.17, 15) is 0 Å². The second kappa shape index (κ2) is 6.14. The van der Waals surface area contributed by atoms with E-state index < -0.39 is 0 Å². The Morgan fingerprint density at radius 3 is 2.64 bits per heavy atom. The number of hydrogen-bond acceptors (Lipinski definition) is 4. The summed E-state index contributed by atoms with van der Waals surface area (Å²) in [5, 5.41) is 9.14. The summed E-state index contributed by atoms with van der Waals surface area (Å²) in [5.74, 6) is 2.82. The van der Waals surface area contributed by atoms with Crippen molar-refractivity contribution >= 4 is 11.0 Å². The first-order valence-corrected chi connectivity index (χ1v) is 8.44. The van der Waals surface area contributed by atoms with Gasteiger partial charge < -0.3 is 14.0 Å². The van der Waals surface area contributed by atoms with Crippen LogP contribution in [0.15, 0.2) is 36.4 Å². The Bertz CT molecular complexity index is 983. The second-order valence-electron chi connectivity index (χ2n) is 6.51. The summed E-state index contributed by atoms with van der Waals surface area (Å²) >= 11 is 0. The van der Waals surface area contributed by atoms with E-state index in [4.69, 9.17) is 19.7 Å². The minimum Gasteiger partial charge on any atom is -0.486 e. The zero-order valence-electron chi connectivity index (χ0n) is 14.3. The zero-order valence-corrected chi connectivity index (χ0v) is 14.3. The summed E-state index contributed by atoms with van der Waals surface area (Å²) in [6.45, 7) is 6.07. The molecule has 0 bridgehead atoms. The molecule has 1 aliphatic rings. The molecule has 5 heteroatoms. The highest BCUT2D eigenvalue weighted by atomic mass is 16.6. The van der Waals surface area contributed by atoms with Crippen molar-refractivity contribution < 1.29 is 9.47 Å². The van der Waals surface area contributed by atoms with Crippen molar-refractivity contribution in [3.05, 3.63) is 53.3 Å². The minimum atomic E-state index is 0.283. The van der Waals surface area contributed by atoms with Gasteiger partial charge in [0.15, 0.2) is 11.5 Å². The number of ether oxygens (including phenoxy) is 2. The third kappa shape index (κ3) is 2.80. The second-order valence-corrected chi connectivity index (χ2v) is 6.51. The molecule has 0 unspecified atom stereocenters. The summed E-state index contributed by atoms with van der Waals surface area (Å²) in [6.07, 6.45) is 0. The van der Waals surface area contributed by atoms with Crippen LogP contribution in [0, 0.1) is 11.3 Å². The summed E-state index contributed by atoms with van der Waals surface area (Å²) in [6, 6.07) is 13.9. The molecule has 3 aromatic rings. The van der Waals surface area contributed by atoms with Gasteiger partial charge in [-0.2, -0.15) is 5.26 Å². The van der Waals surface area contributed by atoms with Gasteiger partial charge in [-0.05, 0) is 17.7 Å². The summed E-state index contributed by atoms with van der Waals surface area (Å²) in [4.78, 5) is 4.82. The molecule has 0 saturated carbocycles. The van der Waals surface area contributed by atoms with Crippen LogP contribution in [-0.4, -0.2) is 22.8 Å². The van der Waals surface area contributed by atoms with Crippen LogP contribution >= 0.6 is 0 Å². The highest BCUT2D eigenvalue weighted by Gasteiger charge is 2.19. The predicted molar refractivity (Wildman–Crippen MR) is 95.1 cm³/mol. The Hall–Kier alpha value is -3.00. The number of fused-ring (bicyclic) bond motifs is 2. The maximum atomic E-state index is 9.14. The Labute approximate surface area is 146 Å². The van der Waals surface area contributed by atoms with Gasteiger partial charge in [0.1, 0.15) is 19.0 Å². The fraction of sp³-hybridized carbons (Fsp3) is 0.300. The molecule has 2 aromatic carbocycles. The first kappa shape index (κ1) is 15.5. The predicted octanol–water partition coefficient (Wildman–Crippen LogP) is 3.85. The van der Waals surface area contributed by atoms with Crippen LogP contribution in [0.2, 0.25) is 0 Å². The van der Waals surface area contributed by atoms with Gasteiger partial charge in [0, 0.05) is 24.6 Å². The van der Waals surface area contributed by atoms with Crippen LogP contribution in [0.25, 0.3) is 11.0 Å². The van der Waals surface area contributed by atoms with Gasteiger partial charge in [-0.15, -0.1) is 0 Å². The molecule has 126 valence electrons. The number of imidazole rings is 1. The molecule has 0 N–H and O–H groups in total. The molecule has 0 radical (unpaired) electrons. The van der Waals surface area contributed by atoms with E-state index in [0.717, 1.165) is 33.9 Å². The van der Waals surface area contributed by atoms with E-state index in [1.165, 1.54) is 0 Å². The highest BCUT2D eigenvalue weighted by Crippen LogP contribution is 2.36. The fourth-order valence-electron chi connectivity index (χ4n) is 3.21. The Morgan fingerprint density at radius 2 is 1.92 bits per heavy atom. The molecule has 1 aromatic heterocycles. The van der Waals surface area contributed by atoms with Crippen LogP contribution in [0.5, 0.6) is 11.5 Å². The maximum absolute atomic E-state index is 9.14. The van der Waals surface area contributed by atoms with E-state index in [1.54, 1.807) is 0 Å². The van der Waals surface area contributed by atoms with Crippen LogP contribution in [0.4, 0.5) is 0 Å². The minimum absolute atomic E-state index is 0.283. The Kier molecular flexibility index (Phi) is 3.81. The number of rotatable bonds is 3. The van der Waals surface area contributed by atoms with Gasteiger partial charge in [0.25, 0.3) is 0 Å². The smallest absolute Gasteiger partial charge is 0.163 e. The number of benzene rings is 2. The zero-order chi connectivity index (χ0) is 17.4. The van der Waals surface area contributed by atoms with E-state index in [1.807, 2.05) is 36.4 Å². The lowest BCUT2D eigenvalue weighted by atomic mass is 10.1. The molecule has 0 spiro atoms. The van der Waals surface area contributed by atoms with Crippen molar-refractivity contribution in [2.45, 2.75) is 26.3 Å². The molecule has 4 rings (SSSR count). The van der Waals surface area contributed by atoms with Crippen molar-refractivity contribution in [2.75, 3.05) is 13.2 Å². The van der Waals surface area contributed by atoms with Gasteiger partial charge >= 0.3 is 0 Å². The van der Waals surface area contributed by atoms with Crippen LogP contribution in [0.3, 0.4) is 0 Å².